The van der Waals surface area contributed by atoms with Crippen molar-refractivity contribution >= 4 is 11.6 Å². The summed E-state index contributed by atoms with van der Waals surface area (Å²) >= 11 is 0. The summed E-state index contributed by atoms with van der Waals surface area (Å²) in [4.78, 5) is 8.27. The van der Waals surface area contributed by atoms with E-state index in [0.717, 1.165) is 11.7 Å². The fraction of sp³-hybridized carbons (Fsp3) is 0.667. The number of nitrogens with zero attached hydrogens (tertiary/aromatic N) is 2. The largest absolute Gasteiger partial charge is 0.381 e. The van der Waals surface area contributed by atoms with Crippen molar-refractivity contribution in [1.29, 1.82) is 0 Å². The molecule has 3 atom stereocenters. The molecule has 16 heavy (non-hydrogen) atoms. The van der Waals surface area contributed by atoms with Crippen molar-refractivity contribution < 1.29 is 0 Å². The molecule has 1 fully saturated rings. The molecule has 3 unspecified atom stereocenters. The predicted molar refractivity (Wildman–Crippen MR) is 66.0 cm³/mol. The van der Waals surface area contributed by atoms with E-state index in [1.807, 2.05) is 0 Å². The minimum Gasteiger partial charge on any atom is -0.381 e. The summed E-state index contributed by atoms with van der Waals surface area (Å²) < 4.78 is 0. The van der Waals surface area contributed by atoms with E-state index in [2.05, 4.69) is 29.1 Å². The van der Waals surface area contributed by atoms with Gasteiger partial charge < -0.3 is 11.1 Å². The number of nitrogens with two attached hydrogens (primary N) is 1. The molecule has 0 amide bonds. The van der Waals surface area contributed by atoms with Gasteiger partial charge in [0, 0.05) is 18.4 Å². The Kier molecular flexibility index (Phi) is 3.27. The molecule has 3 N–H and O–H groups in total. The molecule has 88 valence electrons. The molecule has 1 heterocycles. The molecule has 4 heteroatoms. The van der Waals surface area contributed by atoms with Crippen molar-refractivity contribution in [2.75, 3.05) is 11.1 Å². The van der Waals surface area contributed by atoms with Crippen LogP contribution in [0.25, 0.3) is 0 Å². The Morgan fingerprint density at radius 3 is 2.75 bits per heavy atom. The Labute approximate surface area is 96.7 Å². The molecule has 1 saturated carbocycles. The van der Waals surface area contributed by atoms with E-state index in [1.54, 1.807) is 12.4 Å². The van der Waals surface area contributed by atoms with Crippen LogP contribution in [0.2, 0.25) is 0 Å². The van der Waals surface area contributed by atoms with Crippen molar-refractivity contribution in [3.8, 4) is 0 Å². The predicted octanol–water partition coefficient (Wildman–Crippen LogP) is 2.30. The van der Waals surface area contributed by atoms with Crippen molar-refractivity contribution in [2.45, 2.75) is 39.2 Å². The lowest BCUT2D eigenvalue weighted by molar-refractivity contribution is 0.391. The SMILES string of the molecule is CCC1CCC(Nc2nccnc2N)C1C. The minimum absolute atomic E-state index is 0.490. The van der Waals surface area contributed by atoms with Gasteiger partial charge in [-0.3, -0.25) is 0 Å². The highest BCUT2D eigenvalue weighted by atomic mass is 15.1. The zero-order chi connectivity index (χ0) is 11.5. The molecule has 0 bridgehead atoms. The van der Waals surface area contributed by atoms with Gasteiger partial charge in [-0.1, -0.05) is 20.3 Å². The molecule has 1 aliphatic rings. The number of aromatic nitrogens is 2. The van der Waals surface area contributed by atoms with Crippen molar-refractivity contribution in [1.82, 2.24) is 9.97 Å². The van der Waals surface area contributed by atoms with Crippen LogP contribution in [0.3, 0.4) is 0 Å². The van der Waals surface area contributed by atoms with Gasteiger partial charge in [0.25, 0.3) is 0 Å². The lowest BCUT2D eigenvalue weighted by Crippen LogP contribution is -2.25. The van der Waals surface area contributed by atoms with Gasteiger partial charge in [0.15, 0.2) is 11.6 Å². The summed E-state index contributed by atoms with van der Waals surface area (Å²) in [5.41, 5.74) is 5.78. The maximum absolute atomic E-state index is 5.78. The Balaban J connectivity index is 2.04. The fourth-order valence-electron chi connectivity index (χ4n) is 2.66. The smallest absolute Gasteiger partial charge is 0.169 e. The van der Waals surface area contributed by atoms with Crippen molar-refractivity contribution in [3.63, 3.8) is 0 Å². The van der Waals surface area contributed by atoms with E-state index in [4.69, 9.17) is 5.73 Å². The van der Waals surface area contributed by atoms with Crippen LogP contribution in [-0.4, -0.2) is 16.0 Å². The third kappa shape index (κ3) is 2.10. The van der Waals surface area contributed by atoms with Crippen LogP contribution in [-0.2, 0) is 0 Å². The summed E-state index contributed by atoms with van der Waals surface area (Å²) in [5, 5.41) is 3.42. The van der Waals surface area contributed by atoms with Crippen LogP contribution in [0.4, 0.5) is 11.6 Å². The van der Waals surface area contributed by atoms with Gasteiger partial charge in [0.2, 0.25) is 0 Å². The standard InChI is InChI=1S/C12H20N4/c1-3-9-4-5-10(8(9)2)16-12-11(13)14-6-7-15-12/h6-10H,3-5H2,1-2H3,(H2,13,14)(H,15,16). The minimum atomic E-state index is 0.490. The first-order chi connectivity index (χ1) is 7.72. The normalized spacial score (nSPS) is 29.2. The van der Waals surface area contributed by atoms with E-state index < -0.39 is 0 Å². The van der Waals surface area contributed by atoms with Crippen LogP contribution in [0.15, 0.2) is 12.4 Å². The fourth-order valence-corrected chi connectivity index (χ4v) is 2.66. The number of anilines is 2. The molecule has 4 nitrogen and oxygen atoms in total. The van der Waals surface area contributed by atoms with Gasteiger partial charge in [-0.2, -0.15) is 0 Å². The number of hydrogen-bond acceptors (Lipinski definition) is 4. The third-order valence-electron chi connectivity index (χ3n) is 3.80. The van der Waals surface area contributed by atoms with Gasteiger partial charge in [0.05, 0.1) is 0 Å². The van der Waals surface area contributed by atoms with Gasteiger partial charge in [0.1, 0.15) is 0 Å². The maximum atomic E-state index is 5.78. The summed E-state index contributed by atoms with van der Waals surface area (Å²) in [7, 11) is 0. The van der Waals surface area contributed by atoms with Gasteiger partial charge in [-0.25, -0.2) is 9.97 Å². The third-order valence-corrected chi connectivity index (χ3v) is 3.80. The molecule has 0 radical (unpaired) electrons. The molecule has 0 spiro atoms. The zero-order valence-electron chi connectivity index (χ0n) is 9.98. The average molecular weight is 220 g/mol. The first kappa shape index (κ1) is 11.2. The number of hydrogen-bond donors (Lipinski definition) is 2. The molecular formula is C12H20N4. The van der Waals surface area contributed by atoms with E-state index in [9.17, 15) is 0 Å². The average Bonchev–Trinajstić information content (AvgIpc) is 2.63. The first-order valence-corrected chi connectivity index (χ1v) is 6.05. The second kappa shape index (κ2) is 4.68. The van der Waals surface area contributed by atoms with Gasteiger partial charge in [-0.15, -0.1) is 0 Å². The van der Waals surface area contributed by atoms with Crippen LogP contribution < -0.4 is 11.1 Å². The molecule has 2 rings (SSSR count). The van der Waals surface area contributed by atoms with E-state index in [1.165, 1.54) is 19.3 Å². The monoisotopic (exact) mass is 220 g/mol. The summed E-state index contributed by atoms with van der Waals surface area (Å²) in [6.07, 6.45) is 7.06. The Morgan fingerprint density at radius 2 is 2.12 bits per heavy atom. The second-order valence-corrected chi connectivity index (χ2v) is 4.65. The van der Waals surface area contributed by atoms with Crippen LogP contribution >= 0.6 is 0 Å². The van der Waals surface area contributed by atoms with E-state index >= 15 is 0 Å². The second-order valence-electron chi connectivity index (χ2n) is 4.65. The van der Waals surface area contributed by atoms with Crippen LogP contribution in [0.5, 0.6) is 0 Å². The maximum Gasteiger partial charge on any atom is 0.169 e. The highest BCUT2D eigenvalue weighted by Crippen LogP contribution is 2.35. The number of nitrogen functional groups attached to an aromatic ring is 1. The quantitative estimate of drug-likeness (QED) is 0.820. The lowest BCUT2D eigenvalue weighted by Gasteiger charge is -2.21. The van der Waals surface area contributed by atoms with Crippen molar-refractivity contribution in [3.05, 3.63) is 12.4 Å². The summed E-state index contributed by atoms with van der Waals surface area (Å²) in [6.45, 7) is 4.58. The van der Waals surface area contributed by atoms with E-state index in [0.29, 0.717) is 17.8 Å². The number of nitrogens with one attached hydrogen (secondary N) is 1. The van der Waals surface area contributed by atoms with Crippen LogP contribution in [0.1, 0.15) is 33.1 Å². The molecule has 0 aliphatic heterocycles. The Hall–Kier alpha value is -1.32. The molecular weight excluding hydrogens is 200 g/mol. The molecule has 1 aromatic rings. The topological polar surface area (TPSA) is 63.8 Å². The molecule has 0 aromatic carbocycles. The summed E-state index contributed by atoms with van der Waals surface area (Å²) in [6, 6.07) is 0.490. The highest BCUT2D eigenvalue weighted by molar-refractivity contribution is 5.55. The molecule has 1 aromatic heterocycles. The highest BCUT2D eigenvalue weighted by Gasteiger charge is 2.31. The van der Waals surface area contributed by atoms with Crippen LogP contribution in [0, 0.1) is 11.8 Å². The Bertz CT molecular complexity index is 353. The first-order valence-electron chi connectivity index (χ1n) is 6.05. The van der Waals surface area contributed by atoms with Gasteiger partial charge >= 0.3 is 0 Å². The zero-order valence-corrected chi connectivity index (χ0v) is 9.98. The van der Waals surface area contributed by atoms with Gasteiger partial charge in [-0.05, 0) is 24.7 Å². The summed E-state index contributed by atoms with van der Waals surface area (Å²) in [5.74, 6) is 2.74. The molecule has 0 saturated heterocycles. The molecule has 1 aliphatic carbocycles. The lowest BCUT2D eigenvalue weighted by atomic mass is 9.93. The Morgan fingerprint density at radius 1 is 1.38 bits per heavy atom. The van der Waals surface area contributed by atoms with Crippen molar-refractivity contribution in [2.24, 2.45) is 11.8 Å². The van der Waals surface area contributed by atoms with E-state index in [-0.39, 0.29) is 0 Å². The number of rotatable bonds is 3.